The van der Waals surface area contributed by atoms with E-state index < -0.39 is 0 Å². The highest BCUT2D eigenvalue weighted by atomic mass is 16.1. The van der Waals surface area contributed by atoms with Gasteiger partial charge in [-0.25, -0.2) is 4.98 Å². The molecule has 0 atom stereocenters. The maximum Gasteiger partial charge on any atom is 0.251 e. The summed E-state index contributed by atoms with van der Waals surface area (Å²) < 4.78 is 0. The minimum atomic E-state index is -0.0650. The van der Waals surface area contributed by atoms with Crippen LogP contribution in [0.3, 0.4) is 0 Å². The van der Waals surface area contributed by atoms with Gasteiger partial charge in [-0.05, 0) is 41.0 Å². The lowest BCUT2D eigenvalue weighted by Crippen LogP contribution is -2.43. The zero-order valence-electron chi connectivity index (χ0n) is 13.3. The van der Waals surface area contributed by atoms with Crippen LogP contribution in [0.2, 0.25) is 0 Å². The van der Waals surface area contributed by atoms with Crippen LogP contribution in [0.15, 0.2) is 42.6 Å². The normalized spacial score (nSPS) is 18.2. The van der Waals surface area contributed by atoms with Crippen molar-refractivity contribution < 1.29 is 4.79 Å². The molecule has 0 radical (unpaired) electrons. The third kappa shape index (κ3) is 2.22. The molecule has 2 aromatic rings. The SMILES string of the molecule is CC1(C)CNC(=O)c2ccc(C3=CCNc4ncccc43)cc21. The number of hydrogen-bond acceptors (Lipinski definition) is 3. The van der Waals surface area contributed by atoms with Crippen LogP contribution in [0.4, 0.5) is 5.82 Å². The Morgan fingerprint density at radius 3 is 2.87 bits per heavy atom. The van der Waals surface area contributed by atoms with Gasteiger partial charge in [-0.3, -0.25) is 4.79 Å². The van der Waals surface area contributed by atoms with Gasteiger partial charge in [0.1, 0.15) is 5.82 Å². The van der Waals surface area contributed by atoms with Gasteiger partial charge in [-0.15, -0.1) is 0 Å². The standard InChI is InChI=1S/C19H19N3O/c1-19(2)11-22-18(23)15-6-5-12(10-16(15)19)13-7-9-21-17-14(13)4-3-8-20-17/h3-8,10H,9,11H2,1-2H3,(H,20,21)(H,22,23). The maximum absolute atomic E-state index is 12.1. The molecule has 2 aliphatic heterocycles. The van der Waals surface area contributed by atoms with Crippen LogP contribution in [-0.2, 0) is 5.41 Å². The summed E-state index contributed by atoms with van der Waals surface area (Å²) in [6, 6.07) is 10.2. The van der Waals surface area contributed by atoms with E-state index in [1.807, 2.05) is 18.2 Å². The van der Waals surface area contributed by atoms with Crippen molar-refractivity contribution in [2.75, 3.05) is 18.4 Å². The van der Waals surface area contributed by atoms with Crippen LogP contribution in [0.1, 0.15) is 40.9 Å². The van der Waals surface area contributed by atoms with Crippen molar-refractivity contribution in [3.63, 3.8) is 0 Å². The fraction of sp³-hybridized carbons (Fsp3) is 0.263. The molecule has 1 amide bonds. The smallest absolute Gasteiger partial charge is 0.251 e. The molecule has 2 aliphatic rings. The van der Waals surface area contributed by atoms with Gasteiger partial charge >= 0.3 is 0 Å². The molecule has 0 saturated carbocycles. The molecule has 0 spiro atoms. The van der Waals surface area contributed by atoms with Crippen molar-refractivity contribution in [1.29, 1.82) is 0 Å². The molecule has 3 heterocycles. The van der Waals surface area contributed by atoms with Crippen LogP contribution in [0.25, 0.3) is 5.57 Å². The van der Waals surface area contributed by atoms with E-state index in [-0.39, 0.29) is 11.3 Å². The highest BCUT2D eigenvalue weighted by Gasteiger charge is 2.32. The summed E-state index contributed by atoms with van der Waals surface area (Å²) >= 11 is 0. The van der Waals surface area contributed by atoms with E-state index >= 15 is 0 Å². The molecule has 23 heavy (non-hydrogen) atoms. The molecule has 0 bridgehead atoms. The quantitative estimate of drug-likeness (QED) is 0.851. The number of amides is 1. The number of anilines is 1. The zero-order valence-corrected chi connectivity index (χ0v) is 13.3. The number of rotatable bonds is 1. The monoisotopic (exact) mass is 305 g/mol. The molecule has 0 saturated heterocycles. The minimum absolute atomic E-state index is 0.0206. The number of nitrogens with one attached hydrogen (secondary N) is 2. The van der Waals surface area contributed by atoms with Gasteiger partial charge in [-0.1, -0.05) is 26.0 Å². The van der Waals surface area contributed by atoms with E-state index in [1.54, 1.807) is 6.20 Å². The van der Waals surface area contributed by atoms with Crippen molar-refractivity contribution in [3.05, 3.63) is 64.9 Å². The zero-order chi connectivity index (χ0) is 16.0. The molecular weight excluding hydrogens is 286 g/mol. The Labute approximate surface area is 135 Å². The fourth-order valence-electron chi connectivity index (χ4n) is 3.36. The van der Waals surface area contributed by atoms with E-state index in [1.165, 1.54) is 5.57 Å². The number of hydrogen-bond donors (Lipinski definition) is 2. The first-order valence-corrected chi connectivity index (χ1v) is 7.89. The number of fused-ring (bicyclic) bond motifs is 2. The maximum atomic E-state index is 12.1. The predicted octanol–water partition coefficient (Wildman–Crippen LogP) is 2.96. The van der Waals surface area contributed by atoms with Crippen LogP contribution in [0, 0.1) is 0 Å². The van der Waals surface area contributed by atoms with Crippen molar-refractivity contribution in [2.45, 2.75) is 19.3 Å². The summed E-state index contributed by atoms with van der Waals surface area (Å²) in [6.45, 7) is 5.77. The summed E-state index contributed by atoms with van der Waals surface area (Å²) in [5, 5.41) is 6.27. The lowest BCUT2D eigenvalue weighted by atomic mass is 9.77. The summed E-state index contributed by atoms with van der Waals surface area (Å²) in [7, 11) is 0. The number of carbonyl (C=O) groups excluding carboxylic acids is 1. The van der Waals surface area contributed by atoms with Gasteiger partial charge in [0.15, 0.2) is 0 Å². The molecule has 116 valence electrons. The highest BCUT2D eigenvalue weighted by molar-refractivity contribution is 5.98. The van der Waals surface area contributed by atoms with Crippen LogP contribution < -0.4 is 10.6 Å². The van der Waals surface area contributed by atoms with E-state index in [9.17, 15) is 4.79 Å². The van der Waals surface area contributed by atoms with Crippen molar-refractivity contribution in [2.24, 2.45) is 0 Å². The van der Waals surface area contributed by atoms with Crippen molar-refractivity contribution >= 4 is 17.3 Å². The van der Waals surface area contributed by atoms with E-state index in [4.69, 9.17) is 0 Å². The number of aromatic nitrogens is 1. The predicted molar refractivity (Wildman–Crippen MR) is 91.6 cm³/mol. The molecule has 4 rings (SSSR count). The number of carbonyl (C=O) groups is 1. The van der Waals surface area contributed by atoms with Gasteiger partial charge in [0.2, 0.25) is 0 Å². The van der Waals surface area contributed by atoms with E-state index in [0.717, 1.165) is 34.6 Å². The van der Waals surface area contributed by atoms with Gasteiger partial charge in [-0.2, -0.15) is 0 Å². The van der Waals surface area contributed by atoms with Gasteiger partial charge < -0.3 is 10.6 Å². The van der Waals surface area contributed by atoms with E-state index in [0.29, 0.717) is 6.54 Å². The molecule has 0 fully saturated rings. The average Bonchev–Trinajstić information content (AvgIpc) is 2.58. The van der Waals surface area contributed by atoms with E-state index in [2.05, 4.69) is 47.7 Å². The Hall–Kier alpha value is -2.62. The van der Waals surface area contributed by atoms with Crippen LogP contribution in [0.5, 0.6) is 0 Å². The van der Waals surface area contributed by atoms with Crippen molar-refractivity contribution in [1.82, 2.24) is 10.3 Å². The Balaban J connectivity index is 1.86. The molecule has 0 unspecified atom stereocenters. The first-order chi connectivity index (χ1) is 11.1. The Bertz CT molecular complexity index is 836. The fourth-order valence-corrected chi connectivity index (χ4v) is 3.36. The largest absolute Gasteiger partial charge is 0.366 e. The lowest BCUT2D eigenvalue weighted by molar-refractivity contribution is 0.0930. The summed E-state index contributed by atoms with van der Waals surface area (Å²) in [5.41, 5.74) is 5.26. The molecule has 4 heteroatoms. The molecule has 2 N–H and O–H groups in total. The number of benzene rings is 1. The van der Waals surface area contributed by atoms with Gasteiger partial charge in [0.25, 0.3) is 5.91 Å². The topological polar surface area (TPSA) is 54.0 Å². The second kappa shape index (κ2) is 4.95. The molecule has 1 aromatic heterocycles. The highest BCUT2D eigenvalue weighted by Crippen LogP contribution is 2.35. The Morgan fingerprint density at radius 2 is 2.00 bits per heavy atom. The molecule has 0 aliphatic carbocycles. The second-order valence-corrected chi connectivity index (χ2v) is 6.73. The summed E-state index contributed by atoms with van der Waals surface area (Å²) in [6.07, 6.45) is 3.98. The van der Waals surface area contributed by atoms with Crippen molar-refractivity contribution in [3.8, 4) is 0 Å². The summed E-state index contributed by atoms with van der Waals surface area (Å²) in [5.74, 6) is 0.937. The molecular formula is C19H19N3O. The van der Waals surface area contributed by atoms with Crippen LogP contribution >= 0.6 is 0 Å². The number of pyridine rings is 1. The first-order valence-electron chi connectivity index (χ1n) is 7.89. The second-order valence-electron chi connectivity index (χ2n) is 6.73. The third-order valence-corrected chi connectivity index (χ3v) is 4.67. The first kappa shape index (κ1) is 14.0. The van der Waals surface area contributed by atoms with Gasteiger partial charge in [0.05, 0.1) is 0 Å². The van der Waals surface area contributed by atoms with Crippen LogP contribution in [-0.4, -0.2) is 24.0 Å². The molecule has 1 aromatic carbocycles. The third-order valence-electron chi connectivity index (χ3n) is 4.67. The Morgan fingerprint density at radius 1 is 1.13 bits per heavy atom. The lowest BCUT2D eigenvalue weighted by Gasteiger charge is -2.33. The number of nitrogens with zero attached hydrogens (tertiary/aromatic N) is 1. The molecule has 4 nitrogen and oxygen atoms in total. The Kier molecular flexibility index (Phi) is 3.01. The minimum Gasteiger partial charge on any atom is -0.366 e. The van der Waals surface area contributed by atoms with Gasteiger partial charge in [0, 0.05) is 35.8 Å². The summed E-state index contributed by atoms with van der Waals surface area (Å²) in [4.78, 5) is 16.5. The average molecular weight is 305 g/mol.